The second kappa shape index (κ2) is 5.67. The quantitative estimate of drug-likeness (QED) is 0.712. The number of halogens is 3. The van der Waals surface area contributed by atoms with Crippen molar-refractivity contribution < 1.29 is 18.0 Å². The summed E-state index contributed by atoms with van der Waals surface area (Å²) in [5.41, 5.74) is 1.45. The molecule has 0 saturated carbocycles. The van der Waals surface area contributed by atoms with E-state index in [1.54, 1.807) is 12.1 Å². The molecule has 2 aromatic carbocycles. The van der Waals surface area contributed by atoms with E-state index in [0.717, 1.165) is 6.07 Å². The minimum Gasteiger partial charge on any atom is -0.352 e. The predicted molar refractivity (Wildman–Crippen MR) is 77.3 cm³/mol. The molecule has 0 radical (unpaired) electrons. The summed E-state index contributed by atoms with van der Waals surface area (Å²) >= 11 is 0. The zero-order valence-corrected chi connectivity index (χ0v) is 11.5. The molecule has 0 aliphatic heterocycles. The lowest BCUT2D eigenvalue weighted by Crippen LogP contribution is -2.02. The molecule has 112 valence electrons. The molecule has 1 N–H and O–H groups in total. The second-order valence-corrected chi connectivity index (χ2v) is 5.12. The van der Waals surface area contributed by atoms with Crippen LogP contribution in [0.2, 0.25) is 0 Å². The van der Waals surface area contributed by atoms with Gasteiger partial charge < -0.3 is 4.98 Å². The highest BCUT2D eigenvalue weighted by Crippen LogP contribution is 2.18. The van der Waals surface area contributed by atoms with Crippen molar-refractivity contribution in [2.75, 3.05) is 0 Å². The number of Topliss-reactive ketones (excluding diaryl/α,β-unsaturated/α-hetero) is 1. The molecule has 0 unspecified atom stereocenters. The Labute approximate surface area is 124 Å². The number of nitrogens with one attached hydrogen (secondary N) is 1. The fourth-order valence-electron chi connectivity index (χ4n) is 2.40. The second-order valence-electron chi connectivity index (χ2n) is 5.12. The zero-order valence-electron chi connectivity index (χ0n) is 11.5. The summed E-state index contributed by atoms with van der Waals surface area (Å²) in [6.07, 6.45) is 0.343. The number of hydrogen-bond donors (Lipinski definition) is 1. The molecule has 5 heteroatoms. The zero-order chi connectivity index (χ0) is 15.7. The number of aromatic nitrogens is 1. The van der Waals surface area contributed by atoms with Crippen molar-refractivity contribution in [1.82, 2.24) is 4.98 Å². The maximum absolute atomic E-state index is 13.1. The number of aromatic amines is 1. The largest absolute Gasteiger partial charge is 0.352 e. The van der Waals surface area contributed by atoms with Gasteiger partial charge in [0.15, 0.2) is 5.78 Å². The average molecular weight is 303 g/mol. The van der Waals surface area contributed by atoms with Gasteiger partial charge in [0.25, 0.3) is 0 Å². The third-order valence-electron chi connectivity index (χ3n) is 3.45. The van der Waals surface area contributed by atoms with E-state index in [2.05, 4.69) is 4.98 Å². The van der Waals surface area contributed by atoms with Gasteiger partial charge in [-0.25, -0.2) is 13.2 Å². The van der Waals surface area contributed by atoms with Crippen LogP contribution in [0.4, 0.5) is 13.2 Å². The van der Waals surface area contributed by atoms with Crippen LogP contribution in [0.25, 0.3) is 10.9 Å². The van der Waals surface area contributed by atoms with Crippen molar-refractivity contribution in [1.29, 1.82) is 0 Å². The smallest absolute Gasteiger partial charge is 0.179 e. The number of hydrogen-bond acceptors (Lipinski definition) is 1. The number of rotatable bonds is 4. The van der Waals surface area contributed by atoms with Crippen molar-refractivity contribution >= 4 is 16.7 Å². The highest BCUT2D eigenvalue weighted by atomic mass is 19.1. The lowest BCUT2D eigenvalue weighted by atomic mass is 10.1. The Morgan fingerprint density at radius 1 is 0.909 bits per heavy atom. The lowest BCUT2D eigenvalue weighted by Gasteiger charge is -2.01. The van der Waals surface area contributed by atoms with E-state index in [0.29, 0.717) is 22.2 Å². The number of H-pyrrole nitrogens is 1. The number of fused-ring (bicyclic) bond motifs is 1. The molecule has 0 fully saturated rings. The Hall–Kier alpha value is -2.56. The predicted octanol–water partition coefficient (Wildman–Crippen LogP) is 4.40. The summed E-state index contributed by atoms with van der Waals surface area (Å²) in [6.45, 7) is 0. The first-order chi connectivity index (χ1) is 10.5. The van der Waals surface area contributed by atoms with Gasteiger partial charge in [-0.15, -0.1) is 0 Å². The van der Waals surface area contributed by atoms with Gasteiger partial charge in [0, 0.05) is 23.4 Å². The summed E-state index contributed by atoms with van der Waals surface area (Å²) in [6, 6.07) is 8.98. The van der Waals surface area contributed by atoms with Crippen LogP contribution in [0.3, 0.4) is 0 Å². The van der Waals surface area contributed by atoms with Gasteiger partial charge >= 0.3 is 0 Å². The molecular formula is C17H12F3NO. The van der Waals surface area contributed by atoms with Crippen molar-refractivity contribution in [2.45, 2.75) is 12.8 Å². The van der Waals surface area contributed by atoms with Crippen molar-refractivity contribution in [3.05, 3.63) is 71.2 Å². The van der Waals surface area contributed by atoms with Crippen LogP contribution in [0.1, 0.15) is 22.5 Å². The first kappa shape index (κ1) is 14.4. The molecular weight excluding hydrogens is 291 g/mol. The molecule has 0 aliphatic carbocycles. The van der Waals surface area contributed by atoms with Crippen molar-refractivity contribution in [3.63, 3.8) is 0 Å². The summed E-state index contributed by atoms with van der Waals surface area (Å²) in [5.74, 6) is -1.89. The normalized spacial score (nSPS) is 11.0. The maximum atomic E-state index is 13.1. The first-order valence-corrected chi connectivity index (χ1v) is 6.78. The van der Waals surface area contributed by atoms with Gasteiger partial charge in [-0.1, -0.05) is 0 Å². The molecule has 3 rings (SSSR count). The molecule has 0 spiro atoms. The van der Waals surface area contributed by atoms with Crippen LogP contribution in [-0.4, -0.2) is 10.8 Å². The Morgan fingerprint density at radius 2 is 1.64 bits per heavy atom. The van der Waals surface area contributed by atoms with Gasteiger partial charge in [0.2, 0.25) is 0 Å². The third kappa shape index (κ3) is 3.03. The van der Waals surface area contributed by atoms with Gasteiger partial charge in [-0.05, 0) is 48.4 Å². The molecule has 3 aromatic rings. The number of aryl methyl sites for hydroxylation is 1. The lowest BCUT2D eigenvalue weighted by molar-refractivity contribution is 0.0978. The van der Waals surface area contributed by atoms with Crippen LogP contribution in [-0.2, 0) is 6.42 Å². The molecule has 0 bridgehead atoms. The summed E-state index contributed by atoms with van der Waals surface area (Å²) < 4.78 is 39.3. The Kier molecular flexibility index (Phi) is 3.71. The number of carbonyl (C=O) groups excluding carboxylic acids is 1. The molecule has 22 heavy (non-hydrogen) atoms. The SMILES string of the molecule is O=C(CCc1cc(F)cc(F)c1)c1cc2cc(F)ccc2[nH]1. The van der Waals surface area contributed by atoms with E-state index >= 15 is 0 Å². The summed E-state index contributed by atoms with van der Waals surface area (Å²) in [7, 11) is 0. The molecule has 0 amide bonds. The minimum atomic E-state index is -0.663. The van der Waals surface area contributed by atoms with Gasteiger partial charge in [-0.3, -0.25) is 4.79 Å². The van der Waals surface area contributed by atoms with Crippen LogP contribution in [0.15, 0.2) is 42.5 Å². The number of benzene rings is 2. The third-order valence-corrected chi connectivity index (χ3v) is 3.45. The minimum absolute atomic E-state index is 0.109. The Balaban J connectivity index is 1.75. The van der Waals surface area contributed by atoms with Crippen LogP contribution in [0, 0.1) is 17.5 Å². The average Bonchev–Trinajstić information content (AvgIpc) is 2.86. The standard InChI is InChI=1S/C17H12F3NO/c18-12-2-3-15-11(7-12)8-16(21-15)17(22)4-1-10-5-13(19)9-14(20)6-10/h2-3,5-9,21H,1,4H2. The monoisotopic (exact) mass is 303 g/mol. The van der Waals surface area contributed by atoms with Crippen molar-refractivity contribution in [3.8, 4) is 0 Å². The summed E-state index contributed by atoms with van der Waals surface area (Å²) in [5, 5.41) is 0.611. The van der Waals surface area contributed by atoms with Crippen LogP contribution >= 0.6 is 0 Å². The van der Waals surface area contributed by atoms with E-state index in [4.69, 9.17) is 0 Å². The van der Waals surface area contributed by atoms with E-state index in [9.17, 15) is 18.0 Å². The maximum Gasteiger partial charge on any atom is 0.179 e. The Bertz CT molecular complexity index is 834. The fraction of sp³-hybridized carbons (Fsp3) is 0.118. The van der Waals surface area contributed by atoms with E-state index in [-0.39, 0.29) is 24.4 Å². The van der Waals surface area contributed by atoms with Gasteiger partial charge in [0.1, 0.15) is 17.5 Å². The van der Waals surface area contributed by atoms with Crippen LogP contribution < -0.4 is 0 Å². The number of ketones is 1. The molecule has 0 atom stereocenters. The molecule has 2 nitrogen and oxygen atoms in total. The van der Waals surface area contributed by atoms with Crippen LogP contribution in [0.5, 0.6) is 0 Å². The summed E-state index contributed by atoms with van der Waals surface area (Å²) in [4.78, 5) is 15.0. The Morgan fingerprint density at radius 3 is 2.36 bits per heavy atom. The molecule has 0 saturated heterocycles. The van der Waals surface area contributed by atoms with E-state index < -0.39 is 11.6 Å². The molecule has 1 aromatic heterocycles. The van der Waals surface area contributed by atoms with E-state index in [1.165, 1.54) is 24.3 Å². The molecule has 1 heterocycles. The highest BCUT2D eigenvalue weighted by molar-refractivity contribution is 5.99. The first-order valence-electron chi connectivity index (χ1n) is 6.78. The van der Waals surface area contributed by atoms with Crippen molar-refractivity contribution in [2.24, 2.45) is 0 Å². The van der Waals surface area contributed by atoms with Gasteiger partial charge in [-0.2, -0.15) is 0 Å². The fourth-order valence-corrected chi connectivity index (χ4v) is 2.40. The topological polar surface area (TPSA) is 32.9 Å². The molecule has 0 aliphatic rings. The van der Waals surface area contributed by atoms with Gasteiger partial charge in [0.05, 0.1) is 5.69 Å². The number of carbonyl (C=O) groups is 1. The highest BCUT2D eigenvalue weighted by Gasteiger charge is 2.11. The van der Waals surface area contributed by atoms with E-state index in [1.807, 2.05) is 0 Å².